The molecule has 0 bridgehead atoms. The van der Waals surface area contributed by atoms with Crippen LogP contribution in [-0.2, 0) is 22.8 Å². The van der Waals surface area contributed by atoms with Gasteiger partial charge in [-0.2, -0.15) is 11.3 Å². The van der Waals surface area contributed by atoms with Gasteiger partial charge >= 0.3 is 0 Å². The summed E-state index contributed by atoms with van der Waals surface area (Å²) in [7, 11) is -3.13. The lowest BCUT2D eigenvalue weighted by molar-refractivity contribution is 0.602. The lowest BCUT2D eigenvalue weighted by atomic mass is 10.1. The van der Waals surface area contributed by atoms with Gasteiger partial charge in [0.1, 0.15) is 0 Å². The first kappa shape index (κ1) is 18.5. The van der Waals surface area contributed by atoms with Crippen molar-refractivity contribution in [3.8, 4) is 0 Å². The van der Waals surface area contributed by atoms with Crippen molar-refractivity contribution in [2.75, 3.05) is 19.3 Å². The summed E-state index contributed by atoms with van der Waals surface area (Å²) in [6.07, 6.45) is 2.02. The van der Waals surface area contributed by atoms with Crippen LogP contribution in [0.3, 0.4) is 0 Å². The van der Waals surface area contributed by atoms with Gasteiger partial charge in [-0.25, -0.2) is 13.4 Å². The zero-order chi connectivity index (χ0) is 17.4. The second-order valence-electron chi connectivity index (χ2n) is 5.42. The molecule has 130 valence electrons. The van der Waals surface area contributed by atoms with Crippen molar-refractivity contribution in [2.24, 2.45) is 4.99 Å². The Kier molecular flexibility index (Phi) is 6.81. The van der Waals surface area contributed by atoms with Crippen molar-refractivity contribution >= 4 is 27.1 Å². The minimum Gasteiger partial charge on any atom is -0.357 e. The molecular weight excluding hydrogens is 342 g/mol. The molecule has 0 amide bonds. The van der Waals surface area contributed by atoms with Gasteiger partial charge in [0.25, 0.3) is 0 Å². The molecule has 2 aromatic rings. The van der Waals surface area contributed by atoms with E-state index in [1.54, 1.807) is 23.5 Å². The average Bonchev–Trinajstić information content (AvgIpc) is 3.05. The fraction of sp³-hybridized carbons (Fsp3) is 0.353. The van der Waals surface area contributed by atoms with Gasteiger partial charge in [-0.3, -0.25) is 0 Å². The number of nitrogens with zero attached hydrogens (tertiary/aromatic N) is 1. The van der Waals surface area contributed by atoms with E-state index in [0.717, 1.165) is 31.0 Å². The van der Waals surface area contributed by atoms with E-state index in [0.29, 0.717) is 11.4 Å². The summed E-state index contributed by atoms with van der Waals surface area (Å²) in [6.45, 7) is 4.22. The van der Waals surface area contributed by atoms with Crippen LogP contribution >= 0.6 is 11.3 Å². The van der Waals surface area contributed by atoms with Gasteiger partial charge < -0.3 is 10.6 Å². The number of rotatable bonds is 7. The molecule has 5 nitrogen and oxygen atoms in total. The molecule has 0 saturated carbocycles. The second-order valence-corrected chi connectivity index (χ2v) is 8.22. The zero-order valence-electron chi connectivity index (χ0n) is 14.0. The topological polar surface area (TPSA) is 70.6 Å². The quantitative estimate of drug-likeness (QED) is 0.584. The number of aliphatic imine (C=N–C) groups is 1. The summed E-state index contributed by atoms with van der Waals surface area (Å²) in [4.78, 5) is 4.91. The van der Waals surface area contributed by atoms with Gasteiger partial charge in [-0.15, -0.1) is 0 Å². The summed E-state index contributed by atoms with van der Waals surface area (Å²) in [5, 5.41) is 10.7. The summed E-state index contributed by atoms with van der Waals surface area (Å²) < 4.78 is 22.9. The van der Waals surface area contributed by atoms with E-state index in [-0.39, 0.29) is 0 Å². The summed E-state index contributed by atoms with van der Waals surface area (Å²) in [6, 6.07) is 9.09. The highest BCUT2D eigenvalue weighted by Gasteiger charge is 2.06. The molecule has 0 saturated heterocycles. The Morgan fingerprint density at radius 2 is 1.88 bits per heavy atom. The first-order chi connectivity index (χ1) is 11.5. The summed E-state index contributed by atoms with van der Waals surface area (Å²) in [5.74, 6) is 0.788. The normalized spacial score (nSPS) is 12.2. The van der Waals surface area contributed by atoms with Crippen LogP contribution < -0.4 is 10.6 Å². The third-order valence-electron chi connectivity index (χ3n) is 3.40. The number of nitrogens with one attached hydrogen (secondary N) is 2. The van der Waals surface area contributed by atoms with E-state index in [2.05, 4.69) is 27.1 Å². The third kappa shape index (κ3) is 5.98. The minimum atomic E-state index is -3.13. The molecule has 7 heteroatoms. The second kappa shape index (κ2) is 8.84. The van der Waals surface area contributed by atoms with Crippen LogP contribution in [0.25, 0.3) is 0 Å². The summed E-state index contributed by atoms with van der Waals surface area (Å²) >= 11 is 1.67. The molecule has 0 unspecified atom stereocenters. The maximum Gasteiger partial charge on any atom is 0.191 e. The monoisotopic (exact) mass is 365 g/mol. The van der Waals surface area contributed by atoms with Crippen LogP contribution in [0, 0.1) is 0 Å². The Morgan fingerprint density at radius 3 is 2.46 bits per heavy atom. The Labute approximate surface area is 147 Å². The van der Waals surface area contributed by atoms with E-state index in [1.165, 1.54) is 11.8 Å². The molecule has 1 heterocycles. The molecule has 0 aliphatic heterocycles. The Balaban J connectivity index is 1.87. The number of hydrogen-bond acceptors (Lipinski definition) is 4. The Hall–Kier alpha value is -1.86. The fourth-order valence-electron chi connectivity index (χ4n) is 2.12. The van der Waals surface area contributed by atoms with Gasteiger partial charge in [0.15, 0.2) is 15.8 Å². The van der Waals surface area contributed by atoms with E-state index >= 15 is 0 Å². The molecule has 0 fully saturated rings. The van der Waals surface area contributed by atoms with Gasteiger partial charge in [-0.1, -0.05) is 12.1 Å². The fourth-order valence-corrected chi connectivity index (χ4v) is 3.41. The van der Waals surface area contributed by atoms with Crippen LogP contribution in [0.2, 0.25) is 0 Å². The number of benzene rings is 1. The predicted octanol–water partition coefficient (Wildman–Crippen LogP) is 2.45. The van der Waals surface area contributed by atoms with Crippen LogP contribution in [0.4, 0.5) is 0 Å². The average molecular weight is 366 g/mol. The van der Waals surface area contributed by atoms with E-state index in [1.807, 2.05) is 24.4 Å². The first-order valence-corrected chi connectivity index (χ1v) is 10.6. The van der Waals surface area contributed by atoms with E-state index in [9.17, 15) is 8.42 Å². The maximum atomic E-state index is 11.5. The number of thiophene rings is 1. The highest BCUT2D eigenvalue weighted by atomic mass is 32.2. The minimum absolute atomic E-state index is 0.352. The van der Waals surface area contributed by atoms with Crippen LogP contribution in [0.5, 0.6) is 0 Å². The lowest BCUT2D eigenvalue weighted by Crippen LogP contribution is -2.38. The molecule has 1 aromatic carbocycles. The maximum absolute atomic E-state index is 11.5. The highest BCUT2D eigenvalue weighted by molar-refractivity contribution is 7.90. The van der Waals surface area contributed by atoms with Crippen molar-refractivity contribution in [3.63, 3.8) is 0 Å². The standard InChI is InChI=1S/C17H23N3O2S2/c1-3-18-17(20-12-15-9-11-23-13-15)19-10-8-14-4-6-16(7-5-14)24(2,21)22/h4-7,9,11,13H,3,8,10,12H2,1-2H3,(H2,18,19,20). The van der Waals surface area contributed by atoms with Gasteiger partial charge in [0.05, 0.1) is 11.4 Å². The Bertz CT molecular complexity index is 752. The number of sulfone groups is 1. The molecule has 0 atom stereocenters. The van der Waals surface area contributed by atoms with Crippen LogP contribution in [0.15, 0.2) is 51.0 Å². The van der Waals surface area contributed by atoms with Crippen molar-refractivity contribution < 1.29 is 8.42 Å². The molecule has 2 N–H and O–H groups in total. The molecule has 2 rings (SSSR count). The number of guanidine groups is 1. The van der Waals surface area contributed by atoms with Crippen molar-refractivity contribution in [1.29, 1.82) is 0 Å². The van der Waals surface area contributed by atoms with E-state index < -0.39 is 9.84 Å². The largest absolute Gasteiger partial charge is 0.357 e. The predicted molar refractivity (Wildman–Crippen MR) is 100 cm³/mol. The molecule has 24 heavy (non-hydrogen) atoms. The van der Waals surface area contributed by atoms with Crippen molar-refractivity contribution in [2.45, 2.75) is 24.8 Å². The first-order valence-electron chi connectivity index (χ1n) is 7.81. The molecule has 0 aliphatic rings. The SMILES string of the molecule is CCNC(=NCc1ccsc1)NCCc1ccc(S(C)(=O)=O)cc1. The molecule has 0 aliphatic carbocycles. The van der Waals surface area contributed by atoms with Gasteiger partial charge in [0.2, 0.25) is 0 Å². The van der Waals surface area contributed by atoms with Crippen LogP contribution in [0.1, 0.15) is 18.1 Å². The molecular formula is C17H23N3O2S2. The van der Waals surface area contributed by atoms with Crippen LogP contribution in [-0.4, -0.2) is 33.7 Å². The van der Waals surface area contributed by atoms with E-state index in [4.69, 9.17) is 0 Å². The van der Waals surface area contributed by atoms with Gasteiger partial charge in [0, 0.05) is 19.3 Å². The lowest BCUT2D eigenvalue weighted by Gasteiger charge is -2.11. The smallest absolute Gasteiger partial charge is 0.191 e. The highest BCUT2D eigenvalue weighted by Crippen LogP contribution is 2.10. The summed E-state index contributed by atoms with van der Waals surface area (Å²) in [5.41, 5.74) is 2.29. The molecule has 1 aromatic heterocycles. The van der Waals surface area contributed by atoms with Gasteiger partial charge in [-0.05, 0) is 53.4 Å². The third-order valence-corrected chi connectivity index (χ3v) is 5.26. The number of hydrogen-bond donors (Lipinski definition) is 2. The zero-order valence-corrected chi connectivity index (χ0v) is 15.6. The molecule has 0 radical (unpaired) electrons. The van der Waals surface area contributed by atoms with Crippen molar-refractivity contribution in [1.82, 2.24) is 10.6 Å². The van der Waals surface area contributed by atoms with Crippen molar-refractivity contribution in [3.05, 3.63) is 52.2 Å². The Morgan fingerprint density at radius 1 is 1.12 bits per heavy atom. The molecule has 0 spiro atoms.